The van der Waals surface area contributed by atoms with E-state index in [-0.39, 0.29) is 19.4 Å². The van der Waals surface area contributed by atoms with E-state index in [4.69, 9.17) is 16.6 Å². The third-order valence-corrected chi connectivity index (χ3v) is 1.64. The lowest BCUT2D eigenvalue weighted by Crippen LogP contribution is -2.29. The number of allylic oxidation sites excluding steroid dienone is 1. The SMILES string of the molecule is CC(N)=NC/C(F)=C\CC[C@@H](N)C(=O)O. The van der Waals surface area contributed by atoms with Crippen LogP contribution in [-0.2, 0) is 4.79 Å². The summed E-state index contributed by atoms with van der Waals surface area (Å²) in [4.78, 5) is 14.0. The van der Waals surface area contributed by atoms with Crippen molar-refractivity contribution in [3.8, 4) is 0 Å². The highest BCUT2D eigenvalue weighted by molar-refractivity contribution is 5.77. The number of nitrogens with zero attached hydrogens (tertiary/aromatic N) is 1. The van der Waals surface area contributed by atoms with Crippen LogP contribution in [0.2, 0.25) is 0 Å². The number of halogens is 1. The van der Waals surface area contributed by atoms with Crippen molar-refractivity contribution >= 4 is 11.8 Å². The molecule has 0 aromatic heterocycles. The Kier molecular flexibility index (Phi) is 6.28. The number of carboxylic acids is 1. The number of carbonyl (C=O) groups is 1. The standard InChI is InChI=1S/C9H16FN3O2/c1-6(11)13-5-7(10)3-2-4-8(12)9(14)15/h3,8H,2,4-5,12H2,1H3,(H2,11,13)(H,14,15)/b7-3+/t8-/m1/s1. The number of aliphatic carboxylic acids is 1. The first kappa shape index (κ1) is 13.6. The van der Waals surface area contributed by atoms with Crippen LogP contribution < -0.4 is 11.5 Å². The predicted octanol–water partition coefficient (Wildman–Crippen LogP) is 0.409. The molecule has 0 saturated heterocycles. The molecule has 0 heterocycles. The molecule has 0 spiro atoms. The summed E-state index contributed by atoms with van der Waals surface area (Å²) >= 11 is 0. The van der Waals surface area contributed by atoms with Gasteiger partial charge in [-0.15, -0.1) is 0 Å². The van der Waals surface area contributed by atoms with Crippen molar-refractivity contribution in [2.45, 2.75) is 25.8 Å². The van der Waals surface area contributed by atoms with Crippen LogP contribution in [0.1, 0.15) is 19.8 Å². The molecule has 5 nitrogen and oxygen atoms in total. The highest BCUT2D eigenvalue weighted by Gasteiger charge is 2.09. The second-order valence-corrected chi connectivity index (χ2v) is 3.13. The molecule has 0 saturated carbocycles. The van der Waals surface area contributed by atoms with Gasteiger partial charge < -0.3 is 16.6 Å². The molecule has 6 heteroatoms. The predicted molar refractivity (Wildman–Crippen MR) is 56.2 cm³/mol. The minimum absolute atomic E-state index is 0.107. The van der Waals surface area contributed by atoms with Gasteiger partial charge in [0.1, 0.15) is 11.9 Å². The fourth-order valence-corrected chi connectivity index (χ4v) is 0.808. The van der Waals surface area contributed by atoms with Crippen molar-refractivity contribution in [3.63, 3.8) is 0 Å². The van der Waals surface area contributed by atoms with Gasteiger partial charge in [-0.25, -0.2) is 4.39 Å². The Bertz CT molecular complexity index is 273. The second-order valence-electron chi connectivity index (χ2n) is 3.13. The van der Waals surface area contributed by atoms with E-state index < -0.39 is 17.8 Å². The van der Waals surface area contributed by atoms with Crippen molar-refractivity contribution < 1.29 is 14.3 Å². The normalized spacial score (nSPS) is 15.1. The van der Waals surface area contributed by atoms with E-state index in [1.54, 1.807) is 6.92 Å². The third-order valence-electron chi connectivity index (χ3n) is 1.64. The molecule has 0 bridgehead atoms. The number of rotatable bonds is 6. The first-order valence-corrected chi connectivity index (χ1v) is 4.53. The summed E-state index contributed by atoms with van der Waals surface area (Å²) < 4.78 is 12.9. The number of hydrogen-bond acceptors (Lipinski definition) is 3. The van der Waals surface area contributed by atoms with Gasteiger partial charge in [0.05, 0.1) is 12.4 Å². The van der Waals surface area contributed by atoms with E-state index in [1.165, 1.54) is 6.08 Å². The zero-order valence-electron chi connectivity index (χ0n) is 8.61. The van der Waals surface area contributed by atoms with Crippen molar-refractivity contribution in [2.75, 3.05) is 6.54 Å². The van der Waals surface area contributed by atoms with Crippen LogP contribution in [0.25, 0.3) is 0 Å². The molecule has 0 aromatic rings. The van der Waals surface area contributed by atoms with Gasteiger partial charge in [0, 0.05) is 0 Å². The summed E-state index contributed by atoms with van der Waals surface area (Å²) in [5.41, 5.74) is 10.4. The smallest absolute Gasteiger partial charge is 0.320 e. The van der Waals surface area contributed by atoms with Gasteiger partial charge >= 0.3 is 5.97 Å². The molecule has 0 aliphatic heterocycles. The average molecular weight is 217 g/mol. The molecule has 0 radical (unpaired) electrons. The monoisotopic (exact) mass is 217 g/mol. The molecule has 0 unspecified atom stereocenters. The number of amidine groups is 1. The Labute approximate surface area is 87.7 Å². The molecule has 0 aliphatic carbocycles. The quantitative estimate of drug-likeness (QED) is 0.443. The van der Waals surface area contributed by atoms with Crippen molar-refractivity contribution in [2.24, 2.45) is 16.5 Å². The molecule has 0 amide bonds. The van der Waals surface area contributed by atoms with Crippen LogP contribution in [0, 0.1) is 0 Å². The van der Waals surface area contributed by atoms with Gasteiger partial charge in [0.2, 0.25) is 0 Å². The maximum absolute atomic E-state index is 12.9. The second kappa shape index (κ2) is 6.94. The van der Waals surface area contributed by atoms with E-state index in [0.29, 0.717) is 5.84 Å². The lowest BCUT2D eigenvalue weighted by atomic mass is 10.1. The van der Waals surface area contributed by atoms with Crippen LogP contribution in [0.5, 0.6) is 0 Å². The Morgan fingerprint density at radius 1 is 1.67 bits per heavy atom. The first-order valence-electron chi connectivity index (χ1n) is 4.53. The minimum Gasteiger partial charge on any atom is -0.480 e. The number of aliphatic imine (C=N–C) groups is 1. The molecular weight excluding hydrogens is 201 g/mol. The van der Waals surface area contributed by atoms with Crippen LogP contribution in [0.4, 0.5) is 4.39 Å². The molecule has 0 aliphatic rings. The summed E-state index contributed by atoms with van der Waals surface area (Å²) in [6.45, 7) is 1.46. The molecular formula is C9H16FN3O2. The molecule has 15 heavy (non-hydrogen) atoms. The van der Waals surface area contributed by atoms with Crippen molar-refractivity contribution in [1.82, 2.24) is 0 Å². The van der Waals surface area contributed by atoms with Gasteiger partial charge in [0.25, 0.3) is 0 Å². The molecule has 1 atom stereocenters. The first-order chi connectivity index (χ1) is 6.93. The summed E-state index contributed by atoms with van der Waals surface area (Å²) in [6, 6.07) is -0.950. The number of carboxylic acid groups (broad SMARTS) is 1. The van der Waals surface area contributed by atoms with E-state index in [1.807, 2.05) is 0 Å². The Hall–Kier alpha value is -1.43. The lowest BCUT2D eigenvalue weighted by Gasteiger charge is -2.02. The molecule has 0 fully saturated rings. The van der Waals surface area contributed by atoms with Gasteiger partial charge in [0.15, 0.2) is 0 Å². The maximum Gasteiger partial charge on any atom is 0.320 e. The Morgan fingerprint density at radius 2 is 2.27 bits per heavy atom. The van der Waals surface area contributed by atoms with Crippen LogP contribution in [-0.4, -0.2) is 29.5 Å². The van der Waals surface area contributed by atoms with Crippen molar-refractivity contribution in [3.05, 3.63) is 11.9 Å². The zero-order valence-corrected chi connectivity index (χ0v) is 8.61. The van der Waals surface area contributed by atoms with Gasteiger partial charge in [-0.05, 0) is 19.8 Å². The molecule has 86 valence electrons. The topological polar surface area (TPSA) is 102 Å². The zero-order chi connectivity index (χ0) is 11.8. The molecule has 5 N–H and O–H groups in total. The fourth-order valence-electron chi connectivity index (χ4n) is 0.808. The van der Waals surface area contributed by atoms with Gasteiger partial charge in [-0.3, -0.25) is 9.79 Å². The van der Waals surface area contributed by atoms with Gasteiger partial charge in [-0.1, -0.05) is 6.08 Å². The Balaban J connectivity index is 3.86. The number of hydrogen-bond donors (Lipinski definition) is 3. The largest absolute Gasteiger partial charge is 0.480 e. The van der Waals surface area contributed by atoms with Gasteiger partial charge in [-0.2, -0.15) is 0 Å². The third kappa shape index (κ3) is 7.63. The van der Waals surface area contributed by atoms with E-state index in [2.05, 4.69) is 4.99 Å². The number of nitrogens with two attached hydrogens (primary N) is 2. The van der Waals surface area contributed by atoms with Crippen LogP contribution in [0.15, 0.2) is 16.9 Å². The summed E-state index contributed by atoms with van der Waals surface area (Å²) in [5.74, 6) is -1.21. The maximum atomic E-state index is 12.9. The van der Waals surface area contributed by atoms with E-state index in [0.717, 1.165) is 0 Å². The van der Waals surface area contributed by atoms with E-state index >= 15 is 0 Å². The van der Waals surface area contributed by atoms with Crippen LogP contribution in [0.3, 0.4) is 0 Å². The van der Waals surface area contributed by atoms with E-state index in [9.17, 15) is 9.18 Å². The lowest BCUT2D eigenvalue weighted by molar-refractivity contribution is -0.138. The minimum atomic E-state index is -1.08. The summed E-state index contributed by atoms with van der Waals surface area (Å²) in [6.07, 6.45) is 1.75. The van der Waals surface area contributed by atoms with Crippen LogP contribution >= 0.6 is 0 Å². The summed E-state index contributed by atoms with van der Waals surface area (Å²) in [7, 11) is 0. The highest BCUT2D eigenvalue weighted by Crippen LogP contribution is 2.03. The highest BCUT2D eigenvalue weighted by atomic mass is 19.1. The average Bonchev–Trinajstić information content (AvgIpc) is 2.14. The molecule has 0 aromatic carbocycles. The fraction of sp³-hybridized carbons (Fsp3) is 0.556. The van der Waals surface area contributed by atoms with Crippen molar-refractivity contribution in [1.29, 1.82) is 0 Å². The summed E-state index contributed by atoms with van der Waals surface area (Å²) in [5, 5.41) is 8.45. The molecule has 0 rings (SSSR count). The Morgan fingerprint density at radius 3 is 2.73 bits per heavy atom.